The number of hydrogen-bond donors (Lipinski definition) is 1. The third kappa shape index (κ3) is 3.56. The number of rotatable bonds is 5. The van der Waals surface area contributed by atoms with Crippen LogP contribution in [0.2, 0.25) is 0 Å². The van der Waals surface area contributed by atoms with Crippen molar-refractivity contribution in [2.24, 2.45) is 5.92 Å². The van der Waals surface area contributed by atoms with Crippen LogP contribution < -0.4 is 5.32 Å². The molecule has 2 aromatic rings. The van der Waals surface area contributed by atoms with Crippen LogP contribution >= 0.6 is 0 Å². The first-order valence-electron chi connectivity index (χ1n) is 8.78. The molecule has 3 rings (SSSR count). The third-order valence-electron chi connectivity index (χ3n) is 4.78. The molecule has 1 N–H and O–H groups in total. The van der Waals surface area contributed by atoms with E-state index in [1.165, 1.54) is 19.4 Å². The molecule has 1 aliphatic rings. The molecular formula is C17H26N6O. The summed E-state index contributed by atoms with van der Waals surface area (Å²) in [5, 5.41) is 11.0. The molecule has 0 radical (unpaired) electrons. The Morgan fingerprint density at radius 1 is 1.38 bits per heavy atom. The van der Waals surface area contributed by atoms with E-state index < -0.39 is 0 Å². The number of carbonyl (C=O) groups excluding carboxylic acids is 1. The molecule has 0 aromatic carbocycles. The van der Waals surface area contributed by atoms with Gasteiger partial charge in [0, 0.05) is 24.5 Å². The van der Waals surface area contributed by atoms with Crippen LogP contribution in [0, 0.1) is 19.8 Å². The Labute approximate surface area is 142 Å². The number of nitrogens with one attached hydrogen (secondary N) is 1. The monoisotopic (exact) mass is 330 g/mol. The van der Waals surface area contributed by atoms with Gasteiger partial charge in [0.05, 0.1) is 0 Å². The van der Waals surface area contributed by atoms with Crippen molar-refractivity contribution in [3.8, 4) is 0 Å². The van der Waals surface area contributed by atoms with Crippen molar-refractivity contribution in [1.82, 2.24) is 29.8 Å². The Morgan fingerprint density at radius 3 is 3.00 bits per heavy atom. The maximum absolute atomic E-state index is 12.4. The zero-order valence-corrected chi connectivity index (χ0v) is 14.7. The lowest BCUT2D eigenvalue weighted by Crippen LogP contribution is -2.37. The first-order valence-corrected chi connectivity index (χ1v) is 8.78. The van der Waals surface area contributed by atoms with Gasteiger partial charge >= 0.3 is 0 Å². The number of fused-ring (bicyclic) bond motifs is 1. The molecule has 7 nitrogen and oxygen atoms in total. The van der Waals surface area contributed by atoms with Crippen LogP contribution in [0.1, 0.15) is 48.2 Å². The van der Waals surface area contributed by atoms with Crippen molar-refractivity contribution in [3.63, 3.8) is 0 Å². The van der Waals surface area contributed by atoms with Crippen molar-refractivity contribution >= 4 is 11.7 Å². The summed E-state index contributed by atoms with van der Waals surface area (Å²) < 4.78 is 1.71. The van der Waals surface area contributed by atoms with Gasteiger partial charge in [0.25, 0.3) is 11.7 Å². The Hall–Kier alpha value is -2.02. The highest BCUT2D eigenvalue weighted by atomic mass is 16.2. The van der Waals surface area contributed by atoms with Gasteiger partial charge in [-0.25, -0.2) is 4.98 Å². The largest absolute Gasteiger partial charge is 0.349 e. The molecule has 1 amide bonds. The first kappa shape index (κ1) is 16.8. The lowest BCUT2D eigenvalue weighted by Gasteiger charge is -2.31. The van der Waals surface area contributed by atoms with Crippen LogP contribution in [-0.2, 0) is 0 Å². The Balaban J connectivity index is 1.60. The molecule has 0 bridgehead atoms. The van der Waals surface area contributed by atoms with Crippen molar-refractivity contribution in [2.45, 2.75) is 40.0 Å². The highest BCUT2D eigenvalue weighted by molar-refractivity contribution is 5.91. The number of carbonyl (C=O) groups is 1. The van der Waals surface area contributed by atoms with Gasteiger partial charge in [-0.2, -0.15) is 0 Å². The Bertz CT molecular complexity index is 725. The summed E-state index contributed by atoms with van der Waals surface area (Å²) in [6, 6.07) is 1.93. The van der Waals surface area contributed by atoms with Crippen molar-refractivity contribution in [2.75, 3.05) is 26.2 Å². The lowest BCUT2D eigenvalue weighted by molar-refractivity contribution is 0.0935. The molecule has 7 heteroatoms. The molecule has 2 aromatic heterocycles. The second-order valence-electron chi connectivity index (χ2n) is 6.64. The predicted octanol–water partition coefficient (Wildman–Crippen LogP) is 1.59. The molecular weight excluding hydrogens is 304 g/mol. The van der Waals surface area contributed by atoms with Gasteiger partial charge in [-0.1, -0.05) is 6.92 Å². The maximum Gasteiger partial charge on any atom is 0.289 e. The topological polar surface area (TPSA) is 75.4 Å². The average molecular weight is 330 g/mol. The Kier molecular flexibility index (Phi) is 5.08. The highest BCUT2D eigenvalue weighted by Crippen LogP contribution is 2.18. The fourth-order valence-electron chi connectivity index (χ4n) is 3.52. The smallest absolute Gasteiger partial charge is 0.289 e. The standard InChI is InChI=1S/C17H26N6O/c1-4-22-9-5-6-14(11-22)7-8-18-16(24)15-20-21-17-19-12(2)10-13(3)23(15)17/h10,14H,4-9,11H2,1-3H3,(H,18,24). The van der Waals surface area contributed by atoms with E-state index in [0.717, 1.165) is 30.9 Å². The summed E-state index contributed by atoms with van der Waals surface area (Å²) in [6.07, 6.45) is 3.52. The van der Waals surface area contributed by atoms with Crippen LogP contribution in [0.15, 0.2) is 6.07 Å². The SMILES string of the molecule is CCN1CCCC(CCNC(=O)c2nnc3nc(C)cc(C)n23)C1. The minimum atomic E-state index is -0.181. The quantitative estimate of drug-likeness (QED) is 0.901. The number of hydrogen-bond acceptors (Lipinski definition) is 5. The second kappa shape index (κ2) is 7.25. The van der Waals surface area contributed by atoms with Crippen LogP contribution in [0.4, 0.5) is 0 Å². The van der Waals surface area contributed by atoms with Crippen molar-refractivity contribution in [3.05, 3.63) is 23.3 Å². The molecule has 1 unspecified atom stereocenters. The summed E-state index contributed by atoms with van der Waals surface area (Å²) in [5.41, 5.74) is 1.79. The normalized spacial score (nSPS) is 18.9. The van der Waals surface area contributed by atoms with Gasteiger partial charge in [-0.05, 0) is 58.2 Å². The fourth-order valence-corrected chi connectivity index (χ4v) is 3.52. The Morgan fingerprint density at radius 2 is 2.21 bits per heavy atom. The second-order valence-corrected chi connectivity index (χ2v) is 6.64. The van der Waals surface area contributed by atoms with Crippen LogP contribution in [0.25, 0.3) is 5.78 Å². The zero-order chi connectivity index (χ0) is 17.1. The summed E-state index contributed by atoms with van der Waals surface area (Å²) in [4.78, 5) is 19.2. The van der Waals surface area contributed by atoms with Gasteiger partial charge in [0.2, 0.25) is 5.82 Å². The number of likely N-dealkylation sites (tertiary alicyclic amines) is 1. The average Bonchev–Trinajstić information content (AvgIpc) is 2.99. The van der Waals surface area contributed by atoms with Crippen LogP contribution in [0.3, 0.4) is 0 Å². The van der Waals surface area contributed by atoms with E-state index in [1.54, 1.807) is 4.40 Å². The lowest BCUT2D eigenvalue weighted by atomic mass is 9.95. The minimum absolute atomic E-state index is 0.181. The molecule has 1 atom stereocenters. The van der Waals surface area contributed by atoms with Crippen molar-refractivity contribution in [1.29, 1.82) is 0 Å². The van der Waals surface area contributed by atoms with Crippen molar-refractivity contribution < 1.29 is 4.79 Å². The van der Waals surface area contributed by atoms with E-state index in [4.69, 9.17) is 0 Å². The van der Waals surface area contributed by atoms with Gasteiger partial charge in [-0.3, -0.25) is 9.20 Å². The minimum Gasteiger partial charge on any atom is -0.349 e. The molecule has 3 heterocycles. The number of amides is 1. The van der Waals surface area contributed by atoms with Crippen LogP contribution in [0.5, 0.6) is 0 Å². The predicted molar refractivity (Wildman–Crippen MR) is 92.0 cm³/mol. The van der Waals surface area contributed by atoms with Gasteiger partial charge in [0.15, 0.2) is 0 Å². The van der Waals surface area contributed by atoms with E-state index in [-0.39, 0.29) is 5.91 Å². The molecule has 0 spiro atoms. The fraction of sp³-hybridized carbons (Fsp3) is 0.647. The summed E-state index contributed by atoms with van der Waals surface area (Å²) in [7, 11) is 0. The summed E-state index contributed by atoms with van der Waals surface area (Å²) >= 11 is 0. The van der Waals surface area contributed by atoms with Gasteiger partial charge in [0.1, 0.15) is 0 Å². The molecule has 1 aliphatic heterocycles. The maximum atomic E-state index is 12.4. The summed E-state index contributed by atoms with van der Waals surface area (Å²) in [6.45, 7) is 10.2. The van der Waals surface area contributed by atoms with Gasteiger partial charge < -0.3 is 10.2 Å². The number of nitrogens with zero attached hydrogens (tertiary/aromatic N) is 5. The first-order chi connectivity index (χ1) is 11.6. The molecule has 0 aliphatic carbocycles. The van der Waals surface area contributed by atoms with E-state index in [1.807, 2.05) is 19.9 Å². The molecule has 24 heavy (non-hydrogen) atoms. The number of piperidine rings is 1. The molecule has 1 fully saturated rings. The van der Waals surface area contributed by atoms with E-state index in [0.29, 0.717) is 24.1 Å². The zero-order valence-electron chi connectivity index (χ0n) is 14.7. The molecule has 130 valence electrons. The van der Waals surface area contributed by atoms with E-state index >= 15 is 0 Å². The number of aryl methyl sites for hydroxylation is 2. The van der Waals surface area contributed by atoms with E-state index in [9.17, 15) is 4.79 Å². The third-order valence-corrected chi connectivity index (χ3v) is 4.78. The molecule has 1 saturated heterocycles. The van der Waals surface area contributed by atoms with Crippen LogP contribution in [-0.4, -0.2) is 56.6 Å². The van der Waals surface area contributed by atoms with E-state index in [2.05, 4.69) is 32.3 Å². The van der Waals surface area contributed by atoms with Gasteiger partial charge in [-0.15, -0.1) is 10.2 Å². The summed E-state index contributed by atoms with van der Waals surface area (Å²) in [5.74, 6) is 1.27. The molecule has 0 saturated carbocycles. The highest BCUT2D eigenvalue weighted by Gasteiger charge is 2.20. The number of aromatic nitrogens is 4.